The molecular weight excluding hydrogens is 290 g/mol. The maximum atomic E-state index is 12.5. The van der Waals surface area contributed by atoms with Crippen LogP contribution in [0.15, 0.2) is 42.5 Å². The van der Waals surface area contributed by atoms with E-state index in [1.165, 1.54) is 0 Å². The van der Waals surface area contributed by atoms with Crippen LogP contribution in [0.4, 0.5) is 5.69 Å². The number of nitrogens with two attached hydrogens (primary N) is 1. The first kappa shape index (κ1) is 14.1. The average molecular weight is 309 g/mol. The molecule has 0 aromatic heterocycles. The van der Waals surface area contributed by atoms with Gasteiger partial charge in [0.2, 0.25) is 0 Å². The van der Waals surface area contributed by atoms with Crippen molar-refractivity contribution in [2.45, 2.75) is 18.6 Å². The number of benzene rings is 2. The Labute approximate surface area is 135 Å². The molecular formula is C18H19N3O2. The molecule has 0 aliphatic carbocycles. The molecule has 2 aliphatic rings. The topological polar surface area (TPSA) is 67.6 Å². The van der Waals surface area contributed by atoms with Gasteiger partial charge in [0, 0.05) is 12.6 Å². The molecule has 0 saturated heterocycles. The number of hydrogen-bond acceptors (Lipinski definition) is 4. The fourth-order valence-corrected chi connectivity index (χ4v) is 3.50. The Morgan fingerprint density at radius 3 is 2.74 bits per heavy atom. The van der Waals surface area contributed by atoms with E-state index in [0.29, 0.717) is 5.56 Å². The summed E-state index contributed by atoms with van der Waals surface area (Å²) in [5.41, 5.74) is 10.0. The summed E-state index contributed by atoms with van der Waals surface area (Å²) in [5, 5.41) is 3.11. The van der Waals surface area contributed by atoms with Crippen molar-refractivity contribution < 1.29 is 9.53 Å². The van der Waals surface area contributed by atoms with E-state index in [1.54, 1.807) is 7.11 Å². The summed E-state index contributed by atoms with van der Waals surface area (Å²) in [6.45, 7) is 0.822. The number of hydrogen-bond donors (Lipinski definition) is 2. The number of amides is 1. The molecule has 5 nitrogen and oxygen atoms in total. The molecule has 2 heterocycles. The molecule has 0 bridgehead atoms. The maximum absolute atomic E-state index is 12.5. The predicted octanol–water partition coefficient (Wildman–Crippen LogP) is 2.35. The first-order valence-corrected chi connectivity index (χ1v) is 7.79. The quantitative estimate of drug-likeness (QED) is 0.893. The minimum Gasteiger partial charge on any atom is -0.497 e. The molecule has 4 rings (SSSR count). The van der Waals surface area contributed by atoms with Crippen LogP contribution in [-0.2, 0) is 0 Å². The van der Waals surface area contributed by atoms with E-state index in [2.05, 4.69) is 10.2 Å². The minimum absolute atomic E-state index is 0.0105. The highest BCUT2D eigenvalue weighted by Crippen LogP contribution is 2.42. The number of para-hydroxylation sites is 1. The van der Waals surface area contributed by atoms with Crippen molar-refractivity contribution in [3.8, 4) is 5.75 Å². The fourth-order valence-electron chi connectivity index (χ4n) is 3.50. The van der Waals surface area contributed by atoms with Crippen LogP contribution in [-0.4, -0.2) is 19.6 Å². The number of nitrogens with one attached hydrogen (secondary N) is 1. The van der Waals surface area contributed by atoms with Crippen molar-refractivity contribution in [2.24, 2.45) is 5.73 Å². The number of anilines is 1. The Morgan fingerprint density at radius 1 is 1.22 bits per heavy atom. The van der Waals surface area contributed by atoms with Gasteiger partial charge in [-0.05, 0) is 35.7 Å². The molecule has 0 radical (unpaired) electrons. The minimum atomic E-state index is -0.172. The van der Waals surface area contributed by atoms with Gasteiger partial charge in [-0.2, -0.15) is 0 Å². The second kappa shape index (κ2) is 5.28. The Kier molecular flexibility index (Phi) is 3.23. The lowest BCUT2D eigenvalue weighted by Gasteiger charge is -2.44. The number of carbonyl (C=O) groups excluding carboxylic acids is 1. The predicted molar refractivity (Wildman–Crippen MR) is 88.5 cm³/mol. The van der Waals surface area contributed by atoms with Crippen LogP contribution in [0.1, 0.15) is 40.1 Å². The van der Waals surface area contributed by atoms with Crippen molar-refractivity contribution in [1.82, 2.24) is 5.32 Å². The van der Waals surface area contributed by atoms with Gasteiger partial charge in [0.25, 0.3) is 5.91 Å². The molecule has 0 spiro atoms. The van der Waals surface area contributed by atoms with E-state index in [0.717, 1.165) is 35.5 Å². The summed E-state index contributed by atoms with van der Waals surface area (Å²) in [6.07, 6.45) is 0.702. The first-order valence-electron chi connectivity index (χ1n) is 7.79. The van der Waals surface area contributed by atoms with E-state index in [4.69, 9.17) is 10.5 Å². The van der Waals surface area contributed by atoms with Gasteiger partial charge in [-0.15, -0.1) is 0 Å². The number of nitrogens with zero attached hydrogens (tertiary/aromatic N) is 1. The molecule has 2 aliphatic heterocycles. The van der Waals surface area contributed by atoms with Gasteiger partial charge in [0.15, 0.2) is 0 Å². The highest BCUT2D eigenvalue weighted by atomic mass is 16.5. The standard InChI is InChI=1S/C18H19N3O2/c1-23-12-7-5-11(6-8-12)17-20-18(22)14-4-2-3-13-15(19)9-10-21(17)16(13)14/h2-8,15,17H,9-10,19H2,1H3,(H,20,22)/t15-,17+/m0/s1. The largest absolute Gasteiger partial charge is 0.497 e. The van der Waals surface area contributed by atoms with Crippen molar-refractivity contribution in [3.63, 3.8) is 0 Å². The molecule has 3 N–H and O–H groups in total. The summed E-state index contributed by atoms with van der Waals surface area (Å²) in [4.78, 5) is 14.8. The Bertz CT molecular complexity index is 757. The second-order valence-corrected chi connectivity index (χ2v) is 5.98. The number of rotatable bonds is 2. The van der Waals surface area contributed by atoms with Gasteiger partial charge in [0.05, 0.1) is 18.4 Å². The van der Waals surface area contributed by atoms with Gasteiger partial charge in [-0.3, -0.25) is 4.79 Å². The Balaban J connectivity index is 1.80. The van der Waals surface area contributed by atoms with Crippen LogP contribution in [0.2, 0.25) is 0 Å². The van der Waals surface area contributed by atoms with Crippen molar-refractivity contribution >= 4 is 11.6 Å². The van der Waals surface area contributed by atoms with Gasteiger partial charge < -0.3 is 20.7 Å². The third kappa shape index (κ3) is 2.16. The monoisotopic (exact) mass is 309 g/mol. The van der Waals surface area contributed by atoms with Crippen LogP contribution in [0, 0.1) is 0 Å². The highest BCUT2D eigenvalue weighted by Gasteiger charge is 2.36. The molecule has 0 unspecified atom stereocenters. The van der Waals surface area contributed by atoms with Crippen LogP contribution in [0.3, 0.4) is 0 Å². The fraction of sp³-hybridized carbons (Fsp3) is 0.278. The highest BCUT2D eigenvalue weighted by molar-refractivity contribution is 6.03. The smallest absolute Gasteiger partial charge is 0.255 e. The number of carbonyl (C=O) groups is 1. The lowest BCUT2D eigenvalue weighted by Crippen LogP contribution is -2.49. The molecule has 2 aromatic rings. The van der Waals surface area contributed by atoms with Crippen molar-refractivity contribution in [2.75, 3.05) is 18.6 Å². The van der Waals surface area contributed by atoms with Crippen LogP contribution >= 0.6 is 0 Å². The summed E-state index contributed by atoms with van der Waals surface area (Å²) in [6, 6.07) is 13.6. The zero-order valence-corrected chi connectivity index (χ0v) is 13.0. The molecule has 2 atom stereocenters. The van der Waals surface area contributed by atoms with E-state index < -0.39 is 0 Å². The van der Waals surface area contributed by atoms with Crippen molar-refractivity contribution in [1.29, 1.82) is 0 Å². The van der Waals surface area contributed by atoms with Crippen LogP contribution in [0.25, 0.3) is 0 Å². The molecule has 2 aromatic carbocycles. The van der Waals surface area contributed by atoms with Crippen molar-refractivity contribution in [3.05, 3.63) is 59.2 Å². The Morgan fingerprint density at radius 2 is 2.00 bits per heavy atom. The number of methoxy groups -OCH3 is 1. The SMILES string of the molecule is COc1ccc([C@@H]2NC(=O)c3cccc4c3N2CC[C@@H]4N)cc1. The van der Waals surface area contributed by atoms with E-state index in [1.807, 2.05) is 42.5 Å². The molecule has 5 heteroatoms. The molecule has 118 valence electrons. The summed E-state index contributed by atoms with van der Waals surface area (Å²) < 4.78 is 5.21. The zero-order valence-electron chi connectivity index (χ0n) is 13.0. The summed E-state index contributed by atoms with van der Waals surface area (Å²) in [7, 11) is 1.64. The van der Waals surface area contributed by atoms with Crippen LogP contribution in [0.5, 0.6) is 5.75 Å². The zero-order chi connectivity index (χ0) is 16.0. The third-order valence-corrected chi connectivity index (χ3v) is 4.69. The van der Waals surface area contributed by atoms with E-state index in [-0.39, 0.29) is 18.1 Å². The number of ether oxygens (including phenoxy) is 1. The normalized spacial score (nSPS) is 22.3. The lowest BCUT2D eigenvalue weighted by molar-refractivity contribution is 0.0925. The molecule has 0 saturated carbocycles. The maximum Gasteiger partial charge on any atom is 0.255 e. The van der Waals surface area contributed by atoms with E-state index in [9.17, 15) is 4.79 Å². The summed E-state index contributed by atoms with van der Waals surface area (Å²) in [5.74, 6) is 0.755. The third-order valence-electron chi connectivity index (χ3n) is 4.69. The first-order chi connectivity index (χ1) is 11.2. The van der Waals surface area contributed by atoms with Gasteiger partial charge in [-0.1, -0.05) is 24.3 Å². The van der Waals surface area contributed by atoms with Gasteiger partial charge in [0.1, 0.15) is 11.9 Å². The van der Waals surface area contributed by atoms with Crippen LogP contribution < -0.4 is 20.7 Å². The second-order valence-electron chi connectivity index (χ2n) is 5.98. The average Bonchev–Trinajstić information content (AvgIpc) is 2.60. The molecule has 23 heavy (non-hydrogen) atoms. The van der Waals surface area contributed by atoms with Gasteiger partial charge in [-0.25, -0.2) is 0 Å². The van der Waals surface area contributed by atoms with Gasteiger partial charge >= 0.3 is 0 Å². The Hall–Kier alpha value is -2.53. The summed E-state index contributed by atoms with van der Waals surface area (Å²) >= 11 is 0. The molecule has 1 amide bonds. The molecule has 0 fully saturated rings. The van der Waals surface area contributed by atoms with E-state index >= 15 is 0 Å². The lowest BCUT2D eigenvalue weighted by atomic mass is 9.90.